The SMILES string of the molecule is O[C@H]1CC2CCN(CC2)C1. The second-order valence-corrected chi connectivity index (χ2v) is 3.63. The molecule has 3 rings (SSSR count). The van der Waals surface area contributed by atoms with E-state index in [1.807, 2.05) is 0 Å². The third-order valence-corrected chi connectivity index (χ3v) is 2.78. The number of aliphatic hydroxyl groups is 1. The number of fused-ring (bicyclic) bond motifs is 4. The quantitative estimate of drug-likeness (QED) is 0.530. The zero-order valence-corrected chi connectivity index (χ0v) is 6.29. The van der Waals surface area contributed by atoms with E-state index < -0.39 is 0 Å². The molecule has 0 aromatic rings. The van der Waals surface area contributed by atoms with Crippen LogP contribution in [0.4, 0.5) is 0 Å². The van der Waals surface area contributed by atoms with Gasteiger partial charge in [-0.3, -0.25) is 0 Å². The van der Waals surface area contributed by atoms with Crippen LogP contribution in [0, 0.1) is 5.92 Å². The van der Waals surface area contributed by atoms with Gasteiger partial charge in [0.05, 0.1) is 6.10 Å². The van der Waals surface area contributed by atoms with Crippen LogP contribution < -0.4 is 0 Å². The third-order valence-electron chi connectivity index (χ3n) is 2.78. The fourth-order valence-electron chi connectivity index (χ4n) is 2.16. The van der Waals surface area contributed by atoms with Gasteiger partial charge in [0.1, 0.15) is 0 Å². The Morgan fingerprint density at radius 1 is 1.20 bits per heavy atom. The zero-order valence-electron chi connectivity index (χ0n) is 6.29. The van der Waals surface area contributed by atoms with Gasteiger partial charge in [0, 0.05) is 6.54 Å². The van der Waals surface area contributed by atoms with Gasteiger partial charge in [0.15, 0.2) is 0 Å². The highest BCUT2D eigenvalue weighted by molar-refractivity contribution is 4.81. The van der Waals surface area contributed by atoms with Gasteiger partial charge < -0.3 is 10.0 Å². The Kier molecular flexibility index (Phi) is 1.66. The van der Waals surface area contributed by atoms with E-state index in [4.69, 9.17) is 0 Å². The highest BCUT2D eigenvalue weighted by Crippen LogP contribution is 2.26. The van der Waals surface area contributed by atoms with Crippen LogP contribution in [0.15, 0.2) is 0 Å². The lowest BCUT2D eigenvalue weighted by molar-refractivity contribution is 0.131. The highest BCUT2D eigenvalue weighted by atomic mass is 16.3. The summed E-state index contributed by atoms with van der Waals surface area (Å²) < 4.78 is 0. The van der Waals surface area contributed by atoms with Crippen LogP contribution >= 0.6 is 0 Å². The van der Waals surface area contributed by atoms with Crippen LogP contribution in [0.25, 0.3) is 0 Å². The zero-order chi connectivity index (χ0) is 6.97. The van der Waals surface area contributed by atoms with Gasteiger partial charge >= 0.3 is 0 Å². The summed E-state index contributed by atoms with van der Waals surface area (Å²) in [6.45, 7) is 3.37. The van der Waals surface area contributed by atoms with Gasteiger partial charge in [-0.1, -0.05) is 0 Å². The summed E-state index contributed by atoms with van der Waals surface area (Å²) in [7, 11) is 0. The van der Waals surface area contributed by atoms with Gasteiger partial charge in [0.25, 0.3) is 0 Å². The minimum Gasteiger partial charge on any atom is -0.392 e. The maximum absolute atomic E-state index is 9.43. The van der Waals surface area contributed by atoms with Gasteiger partial charge in [-0.25, -0.2) is 0 Å². The molecular formula is C8H15NO. The lowest BCUT2D eigenvalue weighted by Gasteiger charge is -2.25. The Morgan fingerprint density at radius 3 is 2.60 bits per heavy atom. The van der Waals surface area contributed by atoms with Crippen molar-refractivity contribution in [3.05, 3.63) is 0 Å². The number of hydrogen-bond acceptors (Lipinski definition) is 2. The normalized spacial score (nSPS) is 47.1. The van der Waals surface area contributed by atoms with Gasteiger partial charge in [0.2, 0.25) is 0 Å². The monoisotopic (exact) mass is 141 g/mol. The highest BCUT2D eigenvalue weighted by Gasteiger charge is 2.27. The second kappa shape index (κ2) is 2.51. The molecule has 0 spiro atoms. The lowest BCUT2D eigenvalue weighted by atomic mass is 9.95. The molecule has 0 amide bonds. The molecule has 58 valence electrons. The van der Waals surface area contributed by atoms with Crippen molar-refractivity contribution in [2.24, 2.45) is 5.92 Å². The second-order valence-electron chi connectivity index (χ2n) is 3.63. The molecular weight excluding hydrogens is 126 g/mol. The molecule has 3 saturated heterocycles. The van der Waals surface area contributed by atoms with Crippen LogP contribution in [0.3, 0.4) is 0 Å². The van der Waals surface area contributed by atoms with Crippen molar-refractivity contribution in [2.75, 3.05) is 19.6 Å². The fraction of sp³-hybridized carbons (Fsp3) is 1.00. The van der Waals surface area contributed by atoms with E-state index >= 15 is 0 Å². The molecule has 3 heterocycles. The van der Waals surface area contributed by atoms with Crippen molar-refractivity contribution in [1.82, 2.24) is 4.90 Å². The number of nitrogens with zero attached hydrogens (tertiary/aromatic N) is 1. The summed E-state index contributed by atoms with van der Waals surface area (Å²) in [4.78, 5) is 2.38. The largest absolute Gasteiger partial charge is 0.392 e. The Bertz CT molecular complexity index is 104. The van der Waals surface area contributed by atoms with Gasteiger partial charge in [-0.05, 0) is 38.3 Å². The minimum atomic E-state index is -0.0324. The summed E-state index contributed by atoms with van der Waals surface area (Å²) in [6, 6.07) is 0. The molecule has 3 fully saturated rings. The van der Waals surface area contributed by atoms with E-state index in [0.29, 0.717) is 0 Å². The molecule has 2 heteroatoms. The molecule has 1 atom stereocenters. The number of piperidine rings is 1. The van der Waals surface area contributed by atoms with Gasteiger partial charge in [-0.2, -0.15) is 0 Å². The van der Waals surface area contributed by atoms with E-state index in [1.54, 1.807) is 0 Å². The smallest absolute Gasteiger partial charge is 0.0669 e. The summed E-state index contributed by atoms with van der Waals surface area (Å²) in [6.07, 6.45) is 3.65. The number of aliphatic hydroxyl groups excluding tert-OH is 1. The van der Waals surface area contributed by atoms with Crippen molar-refractivity contribution in [2.45, 2.75) is 25.4 Å². The molecule has 0 saturated carbocycles. The average Bonchev–Trinajstić information content (AvgIpc) is 2.17. The summed E-state index contributed by atoms with van der Waals surface area (Å²) in [5, 5.41) is 9.43. The maximum Gasteiger partial charge on any atom is 0.0669 e. The van der Waals surface area contributed by atoms with Crippen LogP contribution in [-0.2, 0) is 0 Å². The molecule has 0 aromatic carbocycles. The Balaban J connectivity index is 2.05. The molecule has 2 nitrogen and oxygen atoms in total. The van der Waals surface area contributed by atoms with Crippen LogP contribution in [0.2, 0.25) is 0 Å². The predicted octanol–water partition coefficient (Wildman–Crippen LogP) is 0.463. The summed E-state index contributed by atoms with van der Waals surface area (Å²) in [5.74, 6) is 0.828. The van der Waals surface area contributed by atoms with Crippen LogP contribution in [0.5, 0.6) is 0 Å². The molecule has 0 aromatic heterocycles. The van der Waals surface area contributed by atoms with Crippen LogP contribution in [0.1, 0.15) is 19.3 Å². The Labute approximate surface area is 61.8 Å². The van der Waals surface area contributed by atoms with Crippen molar-refractivity contribution < 1.29 is 5.11 Å². The molecule has 0 aliphatic carbocycles. The first-order valence-electron chi connectivity index (χ1n) is 4.25. The molecule has 10 heavy (non-hydrogen) atoms. The Morgan fingerprint density at radius 2 is 1.90 bits per heavy atom. The number of hydrogen-bond donors (Lipinski definition) is 1. The van der Waals surface area contributed by atoms with Crippen molar-refractivity contribution in [1.29, 1.82) is 0 Å². The molecule has 3 aliphatic rings. The molecule has 3 aliphatic heterocycles. The van der Waals surface area contributed by atoms with Gasteiger partial charge in [-0.15, -0.1) is 0 Å². The fourth-order valence-corrected chi connectivity index (χ4v) is 2.16. The molecule has 0 unspecified atom stereocenters. The standard InChI is InChI=1S/C8H15NO/c10-8-5-7-1-3-9(6-8)4-2-7/h7-8,10H,1-6H2/t8-/m0/s1. The third kappa shape index (κ3) is 1.18. The summed E-state index contributed by atoms with van der Waals surface area (Å²) >= 11 is 0. The first kappa shape index (κ1) is 6.62. The van der Waals surface area contributed by atoms with E-state index in [9.17, 15) is 5.11 Å². The van der Waals surface area contributed by atoms with Crippen molar-refractivity contribution in [3.8, 4) is 0 Å². The Hall–Kier alpha value is -0.0800. The minimum absolute atomic E-state index is 0.0324. The first-order chi connectivity index (χ1) is 4.84. The molecule has 0 radical (unpaired) electrons. The lowest BCUT2D eigenvalue weighted by Crippen LogP contribution is -2.32. The topological polar surface area (TPSA) is 23.5 Å². The number of rotatable bonds is 0. The molecule has 2 bridgehead atoms. The van der Waals surface area contributed by atoms with E-state index in [1.165, 1.54) is 25.9 Å². The average molecular weight is 141 g/mol. The summed E-state index contributed by atoms with van der Waals surface area (Å²) in [5.41, 5.74) is 0. The van der Waals surface area contributed by atoms with E-state index in [2.05, 4.69) is 4.90 Å². The van der Waals surface area contributed by atoms with E-state index in [0.717, 1.165) is 18.9 Å². The first-order valence-corrected chi connectivity index (χ1v) is 4.25. The maximum atomic E-state index is 9.43. The van der Waals surface area contributed by atoms with Crippen molar-refractivity contribution in [3.63, 3.8) is 0 Å². The predicted molar refractivity (Wildman–Crippen MR) is 39.8 cm³/mol. The molecule has 1 N–H and O–H groups in total. The van der Waals surface area contributed by atoms with Crippen LogP contribution in [-0.4, -0.2) is 35.7 Å². The van der Waals surface area contributed by atoms with Crippen molar-refractivity contribution >= 4 is 0 Å². The van der Waals surface area contributed by atoms with E-state index in [-0.39, 0.29) is 6.10 Å².